The van der Waals surface area contributed by atoms with E-state index in [0.717, 1.165) is 19.6 Å². The van der Waals surface area contributed by atoms with Crippen LogP contribution in [0, 0.1) is 5.92 Å². The van der Waals surface area contributed by atoms with E-state index in [-0.39, 0.29) is 11.8 Å². The highest BCUT2D eigenvalue weighted by Gasteiger charge is 2.24. The van der Waals surface area contributed by atoms with Crippen molar-refractivity contribution in [2.24, 2.45) is 5.92 Å². The molecule has 1 fully saturated rings. The maximum Gasteiger partial charge on any atom is 0.222 e. The lowest BCUT2D eigenvalue weighted by molar-refractivity contribution is -0.124. The molecule has 100 valence electrons. The molecule has 0 aliphatic carbocycles. The number of nitrogens with one attached hydrogen (secondary N) is 1. The van der Waals surface area contributed by atoms with Crippen LogP contribution in [-0.4, -0.2) is 30.4 Å². The van der Waals surface area contributed by atoms with Crippen LogP contribution >= 0.6 is 11.3 Å². The third-order valence-electron chi connectivity index (χ3n) is 3.45. The van der Waals surface area contributed by atoms with Gasteiger partial charge in [-0.15, -0.1) is 11.3 Å². The molecule has 2 heterocycles. The largest absolute Gasteiger partial charge is 0.354 e. The molecule has 1 atom stereocenters. The van der Waals surface area contributed by atoms with Crippen molar-refractivity contribution in [2.75, 3.05) is 19.6 Å². The summed E-state index contributed by atoms with van der Waals surface area (Å²) in [5, 5.41) is 5.19. The van der Waals surface area contributed by atoms with Gasteiger partial charge in [0, 0.05) is 17.3 Å². The van der Waals surface area contributed by atoms with Crippen LogP contribution in [0.25, 0.3) is 0 Å². The molecule has 1 aliphatic rings. The third-order valence-corrected chi connectivity index (χ3v) is 4.42. The minimum atomic E-state index is 0.0626. The number of amides is 1. The summed E-state index contributed by atoms with van der Waals surface area (Å²) in [6, 6.07) is 4.62. The number of likely N-dealkylation sites (tertiary alicyclic amines) is 1. The zero-order chi connectivity index (χ0) is 13.0. The predicted molar refractivity (Wildman–Crippen MR) is 75.7 cm³/mol. The van der Waals surface area contributed by atoms with Crippen molar-refractivity contribution in [3.63, 3.8) is 0 Å². The second-order valence-corrected chi connectivity index (χ2v) is 6.15. The van der Waals surface area contributed by atoms with Crippen molar-refractivity contribution in [3.05, 3.63) is 22.4 Å². The molecule has 1 amide bonds. The minimum Gasteiger partial charge on any atom is -0.354 e. The van der Waals surface area contributed by atoms with Gasteiger partial charge in [-0.2, -0.15) is 0 Å². The fraction of sp³-hybridized carbons (Fsp3) is 0.643. The van der Waals surface area contributed by atoms with Gasteiger partial charge in [-0.1, -0.05) is 19.9 Å². The second-order valence-electron chi connectivity index (χ2n) is 5.17. The molecule has 1 N–H and O–H groups in total. The van der Waals surface area contributed by atoms with E-state index >= 15 is 0 Å². The van der Waals surface area contributed by atoms with Crippen molar-refractivity contribution in [2.45, 2.75) is 32.7 Å². The molecule has 0 aromatic carbocycles. The highest BCUT2D eigenvalue weighted by molar-refractivity contribution is 7.10. The van der Waals surface area contributed by atoms with E-state index in [9.17, 15) is 4.79 Å². The molecule has 1 aliphatic heterocycles. The lowest BCUT2D eigenvalue weighted by atomic mass is 10.1. The standard InChI is InChI=1S/C14H22N2OS/c1-11(2)14(17)15-10-12(13-6-5-9-18-13)16-7-3-4-8-16/h5-6,9,11-12H,3-4,7-8,10H2,1-2H3,(H,15,17)/t12-/m1/s1. The lowest BCUT2D eigenvalue weighted by Crippen LogP contribution is -2.37. The van der Waals surface area contributed by atoms with Gasteiger partial charge < -0.3 is 5.32 Å². The molecule has 0 unspecified atom stereocenters. The van der Waals surface area contributed by atoms with Gasteiger partial charge in [-0.3, -0.25) is 9.69 Å². The predicted octanol–water partition coefficient (Wildman–Crippen LogP) is 2.66. The maximum absolute atomic E-state index is 11.7. The summed E-state index contributed by atoms with van der Waals surface area (Å²) in [5.74, 6) is 0.211. The number of carbonyl (C=O) groups excluding carboxylic acids is 1. The van der Waals surface area contributed by atoms with E-state index in [2.05, 4.69) is 27.7 Å². The number of carbonyl (C=O) groups is 1. The highest BCUT2D eigenvalue weighted by Crippen LogP contribution is 2.27. The number of hydrogen-bond donors (Lipinski definition) is 1. The summed E-state index contributed by atoms with van der Waals surface area (Å²) < 4.78 is 0. The van der Waals surface area contributed by atoms with Crippen molar-refractivity contribution in [1.29, 1.82) is 0 Å². The molecule has 4 heteroatoms. The van der Waals surface area contributed by atoms with Gasteiger partial charge in [0.25, 0.3) is 0 Å². The summed E-state index contributed by atoms with van der Waals surface area (Å²) in [7, 11) is 0. The van der Waals surface area contributed by atoms with Crippen molar-refractivity contribution >= 4 is 17.2 Å². The molecule has 0 spiro atoms. The summed E-state index contributed by atoms with van der Waals surface area (Å²) in [5.41, 5.74) is 0. The fourth-order valence-corrected chi connectivity index (χ4v) is 3.21. The van der Waals surface area contributed by atoms with Gasteiger partial charge in [0.2, 0.25) is 5.91 Å². The number of hydrogen-bond acceptors (Lipinski definition) is 3. The van der Waals surface area contributed by atoms with E-state index in [4.69, 9.17) is 0 Å². The van der Waals surface area contributed by atoms with Gasteiger partial charge in [0.05, 0.1) is 6.04 Å². The Labute approximate surface area is 113 Å². The van der Waals surface area contributed by atoms with Crippen LogP contribution in [0.1, 0.15) is 37.6 Å². The monoisotopic (exact) mass is 266 g/mol. The third kappa shape index (κ3) is 3.33. The fourth-order valence-electron chi connectivity index (χ4n) is 2.35. The van der Waals surface area contributed by atoms with E-state index in [1.54, 1.807) is 11.3 Å². The lowest BCUT2D eigenvalue weighted by Gasteiger charge is -2.27. The zero-order valence-corrected chi connectivity index (χ0v) is 12.0. The Balaban J connectivity index is 1.99. The Morgan fingerprint density at radius 3 is 2.72 bits per heavy atom. The molecule has 0 bridgehead atoms. The molecule has 0 radical (unpaired) electrons. The van der Waals surface area contributed by atoms with Gasteiger partial charge in [-0.05, 0) is 37.4 Å². The summed E-state index contributed by atoms with van der Waals surface area (Å²) in [4.78, 5) is 15.6. The smallest absolute Gasteiger partial charge is 0.222 e. The Morgan fingerprint density at radius 1 is 1.44 bits per heavy atom. The van der Waals surface area contributed by atoms with E-state index in [1.165, 1.54) is 17.7 Å². The first kappa shape index (κ1) is 13.6. The number of thiophene rings is 1. The molecule has 3 nitrogen and oxygen atoms in total. The molecular formula is C14H22N2OS. The first-order chi connectivity index (χ1) is 8.68. The summed E-state index contributed by atoms with van der Waals surface area (Å²) in [6.45, 7) is 6.91. The van der Waals surface area contributed by atoms with Crippen molar-refractivity contribution in [3.8, 4) is 0 Å². The second kappa shape index (κ2) is 6.34. The van der Waals surface area contributed by atoms with Crippen LogP contribution in [-0.2, 0) is 4.79 Å². The van der Waals surface area contributed by atoms with Crippen LogP contribution in [0.15, 0.2) is 17.5 Å². The normalized spacial score (nSPS) is 18.2. The molecule has 1 saturated heterocycles. The average Bonchev–Trinajstić information content (AvgIpc) is 3.01. The molecule has 2 rings (SSSR count). The molecule has 0 saturated carbocycles. The quantitative estimate of drug-likeness (QED) is 0.888. The van der Waals surface area contributed by atoms with Crippen molar-refractivity contribution in [1.82, 2.24) is 10.2 Å². The molecule has 18 heavy (non-hydrogen) atoms. The summed E-state index contributed by atoms with van der Waals surface area (Å²) >= 11 is 1.78. The van der Waals surface area contributed by atoms with Crippen LogP contribution < -0.4 is 5.32 Å². The maximum atomic E-state index is 11.7. The SMILES string of the molecule is CC(C)C(=O)NC[C@H](c1cccs1)N1CCCC1. The van der Waals surface area contributed by atoms with Gasteiger partial charge in [0.15, 0.2) is 0 Å². The Hall–Kier alpha value is -0.870. The van der Waals surface area contributed by atoms with E-state index in [0.29, 0.717) is 6.04 Å². The topological polar surface area (TPSA) is 32.3 Å². The van der Waals surface area contributed by atoms with Gasteiger partial charge in [-0.25, -0.2) is 0 Å². The Morgan fingerprint density at radius 2 is 2.17 bits per heavy atom. The Kier molecular flexibility index (Phi) is 4.78. The van der Waals surface area contributed by atoms with E-state index in [1.807, 2.05) is 13.8 Å². The first-order valence-electron chi connectivity index (χ1n) is 6.73. The molecular weight excluding hydrogens is 244 g/mol. The molecule has 1 aromatic rings. The van der Waals surface area contributed by atoms with Crippen LogP contribution in [0.3, 0.4) is 0 Å². The van der Waals surface area contributed by atoms with Crippen LogP contribution in [0.2, 0.25) is 0 Å². The number of rotatable bonds is 5. The van der Waals surface area contributed by atoms with Crippen LogP contribution in [0.4, 0.5) is 0 Å². The van der Waals surface area contributed by atoms with Gasteiger partial charge >= 0.3 is 0 Å². The minimum absolute atomic E-state index is 0.0626. The highest BCUT2D eigenvalue weighted by atomic mass is 32.1. The summed E-state index contributed by atoms with van der Waals surface area (Å²) in [6.07, 6.45) is 2.56. The first-order valence-corrected chi connectivity index (χ1v) is 7.61. The Bertz CT molecular complexity index is 369. The molecule has 1 aromatic heterocycles. The number of nitrogens with zero attached hydrogens (tertiary/aromatic N) is 1. The van der Waals surface area contributed by atoms with E-state index < -0.39 is 0 Å². The van der Waals surface area contributed by atoms with Gasteiger partial charge in [0.1, 0.15) is 0 Å². The zero-order valence-electron chi connectivity index (χ0n) is 11.2. The van der Waals surface area contributed by atoms with Crippen molar-refractivity contribution < 1.29 is 4.79 Å². The average molecular weight is 266 g/mol. The van der Waals surface area contributed by atoms with Crippen LogP contribution in [0.5, 0.6) is 0 Å².